The average Bonchev–Trinajstić information content (AvgIpc) is 2.03. The van der Waals surface area contributed by atoms with Crippen LogP contribution in [0.15, 0.2) is 24.3 Å². The molecular weight excluding hydrogens is 169 g/mol. The topological polar surface area (TPSA) is 21.3 Å². The van der Waals surface area contributed by atoms with Crippen LogP contribution >= 0.6 is 0 Å². The molecule has 2 nitrogen and oxygen atoms in total. The molecule has 0 bridgehead atoms. The van der Waals surface area contributed by atoms with Crippen LogP contribution in [0.1, 0.15) is 19.4 Å². The maximum absolute atomic E-state index is 12.7. The van der Waals surface area contributed by atoms with Gasteiger partial charge in [0, 0.05) is 6.54 Å². The van der Waals surface area contributed by atoms with Crippen molar-refractivity contribution in [3.05, 3.63) is 35.6 Å². The van der Waals surface area contributed by atoms with Gasteiger partial charge in [0.1, 0.15) is 5.82 Å². The molecular formula is C10H14FNO. The second-order valence-electron chi connectivity index (χ2n) is 3.12. The van der Waals surface area contributed by atoms with Crippen LogP contribution in [0.25, 0.3) is 0 Å². The number of halogens is 1. The molecule has 1 N–H and O–H groups in total. The van der Waals surface area contributed by atoms with Crippen molar-refractivity contribution in [3.63, 3.8) is 0 Å². The maximum atomic E-state index is 12.7. The van der Waals surface area contributed by atoms with E-state index in [2.05, 4.69) is 5.48 Å². The average molecular weight is 183 g/mol. The fourth-order valence-electron chi connectivity index (χ4n) is 0.939. The van der Waals surface area contributed by atoms with E-state index < -0.39 is 0 Å². The summed E-state index contributed by atoms with van der Waals surface area (Å²) in [4.78, 5) is 5.11. The van der Waals surface area contributed by atoms with Crippen molar-refractivity contribution < 1.29 is 9.23 Å². The fourth-order valence-corrected chi connectivity index (χ4v) is 0.939. The summed E-state index contributed by atoms with van der Waals surface area (Å²) in [5, 5.41) is 0. The SMILES string of the molecule is CC(C)ONCc1cccc(F)c1. The molecule has 0 amide bonds. The van der Waals surface area contributed by atoms with Crippen LogP contribution in [-0.2, 0) is 11.4 Å². The van der Waals surface area contributed by atoms with Gasteiger partial charge in [0.05, 0.1) is 6.10 Å². The van der Waals surface area contributed by atoms with Crippen LogP contribution in [0, 0.1) is 5.82 Å². The zero-order valence-corrected chi connectivity index (χ0v) is 7.88. The lowest BCUT2D eigenvalue weighted by molar-refractivity contribution is -0.00886. The molecule has 0 aliphatic carbocycles. The number of hydrogen-bond donors (Lipinski definition) is 1. The molecule has 1 aromatic rings. The number of hydrogen-bond acceptors (Lipinski definition) is 2. The highest BCUT2D eigenvalue weighted by Crippen LogP contribution is 2.02. The Labute approximate surface area is 77.7 Å². The second kappa shape index (κ2) is 4.94. The minimum Gasteiger partial charge on any atom is -0.299 e. The van der Waals surface area contributed by atoms with E-state index >= 15 is 0 Å². The predicted octanol–water partition coefficient (Wildman–Crippen LogP) is 2.26. The summed E-state index contributed by atoms with van der Waals surface area (Å²) < 4.78 is 12.7. The zero-order chi connectivity index (χ0) is 9.68. The van der Waals surface area contributed by atoms with E-state index in [1.54, 1.807) is 6.07 Å². The van der Waals surface area contributed by atoms with Crippen LogP contribution < -0.4 is 5.48 Å². The summed E-state index contributed by atoms with van der Waals surface area (Å²) in [6.07, 6.45) is 0.133. The van der Waals surface area contributed by atoms with E-state index in [0.717, 1.165) is 5.56 Å². The Balaban J connectivity index is 2.37. The molecule has 0 unspecified atom stereocenters. The van der Waals surface area contributed by atoms with Gasteiger partial charge in [-0.1, -0.05) is 12.1 Å². The molecule has 0 saturated heterocycles. The van der Waals surface area contributed by atoms with Crippen molar-refractivity contribution in [2.75, 3.05) is 0 Å². The molecule has 0 saturated carbocycles. The number of nitrogens with one attached hydrogen (secondary N) is 1. The van der Waals surface area contributed by atoms with E-state index in [9.17, 15) is 4.39 Å². The van der Waals surface area contributed by atoms with Gasteiger partial charge in [-0.15, -0.1) is 0 Å². The standard InChI is InChI=1S/C10H14FNO/c1-8(2)13-12-7-9-4-3-5-10(11)6-9/h3-6,8,12H,7H2,1-2H3. The maximum Gasteiger partial charge on any atom is 0.123 e. The first-order valence-electron chi connectivity index (χ1n) is 4.31. The van der Waals surface area contributed by atoms with Gasteiger partial charge in [-0.2, -0.15) is 5.48 Å². The Hall–Kier alpha value is -0.930. The lowest BCUT2D eigenvalue weighted by Gasteiger charge is -2.08. The van der Waals surface area contributed by atoms with E-state index in [-0.39, 0.29) is 11.9 Å². The minimum atomic E-state index is -0.219. The zero-order valence-electron chi connectivity index (χ0n) is 7.88. The number of hydroxylamine groups is 1. The molecule has 0 radical (unpaired) electrons. The monoisotopic (exact) mass is 183 g/mol. The third-order valence-corrected chi connectivity index (χ3v) is 1.48. The van der Waals surface area contributed by atoms with Gasteiger partial charge in [0.15, 0.2) is 0 Å². The normalized spacial score (nSPS) is 10.8. The van der Waals surface area contributed by atoms with Crippen molar-refractivity contribution in [1.82, 2.24) is 5.48 Å². The molecule has 0 spiro atoms. The van der Waals surface area contributed by atoms with Gasteiger partial charge in [-0.3, -0.25) is 4.84 Å². The first-order valence-corrected chi connectivity index (χ1v) is 4.31. The number of benzene rings is 1. The van der Waals surface area contributed by atoms with Gasteiger partial charge in [-0.05, 0) is 31.5 Å². The molecule has 0 aliphatic heterocycles. The molecule has 3 heteroatoms. The van der Waals surface area contributed by atoms with Gasteiger partial charge >= 0.3 is 0 Å². The molecule has 0 aromatic heterocycles. The third-order valence-electron chi connectivity index (χ3n) is 1.48. The Bertz CT molecular complexity index is 263. The van der Waals surface area contributed by atoms with Crippen molar-refractivity contribution >= 4 is 0 Å². The van der Waals surface area contributed by atoms with Crippen LogP contribution in [0.2, 0.25) is 0 Å². The highest BCUT2D eigenvalue weighted by Gasteiger charge is 1.96. The summed E-state index contributed by atoms with van der Waals surface area (Å²) in [7, 11) is 0. The predicted molar refractivity (Wildman–Crippen MR) is 49.5 cm³/mol. The highest BCUT2D eigenvalue weighted by atomic mass is 19.1. The van der Waals surface area contributed by atoms with Gasteiger partial charge in [0.2, 0.25) is 0 Å². The summed E-state index contributed by atoms with van der Waals surface area (Å²) in [6, 6.07) is 6.44. The van der Waals surface area contributed by atoms with Crippen LogP contribution in [0.4, 0.5) is 4.39 Å². The molecule has 13 heavy (non-hydrogen) atoms. The second-order valence-corrected chi connectivity index (χ2v) is 3.12. The smallest absolute Gasteiger partial charge is 0.123 e. The first-order chi connectivity index (χ1) is 6.18. The summed E-state index contributed by atoms with van der Waals surface area (Å²) in [6.45, 7) is 4.38. The van der Waals surface area contributed by atoms with Gasteiger partial charge in [-0.25, -0.2) is 4.39 Å². The molecule has 0 heterocycles. The van der Waals surface area contributed by atoms with E-state index in [0.29, 0.717) is 6.54 Å². The molecule has 1 rings (SSSR count). The van der Waals surface area contributed by atoms with Crippen LogP contribution in [0.3, 0.4) is 0 Å². The Morgan fingerprint density at radius 2 is 2.23 bits per heavy atom. The number of rotatable bonds is 4. The lowest BCUT2D eigenvalue weighted by atomic mass is 10.2. The summed E-state index contributed by atoms with van der Waals surface area (Å²) >= 11 is 0. The van der Waals surface area contributed by atoms with E-state index in [1.807, 2.05) is 19.9 Å². The van der Waals surface area contributed by atoms with Crippen molar-refractivity contribution in [1.29, 1.82) is 0 Å². The van der Waals surface area contributed by atoms with E-state index in [4.69, 9.17) is 4.84 Å². The highest BCUT2D eigenvalue weighted by molar-refractivity contribution is 5.15. The third kappa shape index (κ3) is 4.01. The van der Waals surface area contributed by atoms with E-state index in [1.165, 1.54) is 12.1 Å². The molecule has 0 aliphatic rings. The van der Waals surface area contributed by atoms with Crippen molar-refractivity contribution in [2.24, 2.45) is 0 Å². The van der Waals surface area contributed by atoms with Crippen molar-refractivity contribution in [3.8, 4) is 0 Å². The van der Waals surface area contributed by atoms with Crippen LogP contribution in [0.5, 0.6) is 0 Å². The summed E-state index contributed by atoms with van der Waals surface area (Å²) in [5.74, 6) is -0.219. The summed E-state index contributed by atoms with van der Waals surface area (Å²) in [5.41, 5.74) is 3.64. The fraction of sp³-hybridized carbons (Fsp3) is 0.400. The molecule has 72 valence electrons. The largest absolute Gasteiger partial charge is 0.299 e. The Morgan fingerprint density at radius 3 is 2.85 bits per heavy atom. The minimum absolute atomic E-state index is 0.133. The van der Waals surface area contributed by atoms with Crippen molar-refractivity contribution in [2.45, 2.75) is 26.5 Å². The first kappa shape index (κ1) is 10.2. The Kier molecular flexibility index (Phi) is 3.86. The molecule has 0 fully saturated rings. The Morgan fingerprint density at radius 1 is 1.46 bits per heavy atom. The molecule has 1 aromatic carbocycles. The quantitative estimate of drug-likeness (QED) is 0.723. The van der Waals surface area contributed by atoms with Gasteiger partial charge < -0.3 is 0 Å². The van der Waals surface area contributed by atoms with Crippen LogP contribution in [-0.4, -0.2) is 6.10 Å². The molecule has 0 atom stereocenters. The lowest BCUT2D eigenvalue weighted by Crippen LogP contribution is -2.18. The van der Waals surface area contributed by atoms with Gasteiger partial charge in [0.25, 0.3) is 0 Å².